The molecule has 12 heteroatoms. The summed E-state index contributed by atoms with van der Waals surface area (Å²) in [6.45, 7) is 4.98. The number of benzene rings is 1. The maximum absolute atomic E-state index is 10.4. The second-order valence-electron chi connectivity index (χ2n) is 4.49. The summed E-state index contributed by atoms with van der Waals surface area (Å²) in [4.78, 5) is 27.8. The molecule has 0 saturated carbocycles. The van der Waals surface area contributed by atoms with Crippen LogP contribution in [0.3, 0.4) is 0 Å². The van der Waals surface area contributed by atoms with Gasteiger partial charge >= 0.3 is 11.4 Å². The van der Waals surface area contributed by atoms with Crippen LogP contribution in [-0.2, 0) is 4.74 Å². The predicted molar refractivity (Wildman–Crippen MR) is 76.4 cm³/mol. The highest BCUT2D eigenvalue weighted by molar-refractivity contribution is 5.64. The van der Waals surface area contributed by atoms with E-state index in [1.54, 1.807) is 0 Å². The van der Waals surface area contributed by atoms with Gasteiger partial charge in [-0.15, -0.1) is 0 Å². The summed E-state index contributed by atoms with van der Waals surface area (Å²) in [6.07, 6.45) is 0.425. The molecule has 12 nitrogen and oxygen atoms in total. The number of nitrogens with one attached hydrogen (secondary N) is 1. The number of nitro benzene ring substituents is 3. The third-order valence-electron chi connectivity index (χ3n) is 2.77. The summed E-state index contributed by atoms with van der Waals surface area (Å²) in [5, 5.41) is 43.4. The van der Waals surface area contributed by atoms with Crippen molar-refractivity contribution in [3.05, 3.63) is 42.5 Å². The Morgan fingerprint density at radius 1 is 1.13 bits per heavy atom. The Bertz CT molecular complexity index is 579. The van der Waals surface area contributed by atoms with Crippen molar-refractivity contribution in [1.29, 1.82) is 0 Å². The average molecular weight is 330 g/mol. The molecule has 2 N–H and O–H groups in total. The summed E-state index contributed by atoms with van der Waals surface area (Å²) in [6, 6.07) is 0.894. The third-order valence-corrected chi connectivity index (χ3v) is 2.77. The lowest BCUT2D eigenvalue weighted by Crippen LogP contribution is -2.36. The first-order valence-electron chi connectivity index (χ1n) is 6.36. The maximum atomic E-state index is 10.4. The molecule has 1 aliphatic heterocycles. The minimum Gasteiger partial charge on any atom is -0.497 e. The van der Waals surface area contributed by atoms with Crippen LogP contribution in [0.4, 0.5) is 17.1 Å². The molecule has 1 aromatic carbocycles. The van der Waals surface area contributed by atoms with Gasteiger partial charge in [-0.05, 0) is 6.92 Å². The molecule has 1 saturated heterocycles. The Morgan fingerprint density at radius 2 is 1.65 bits per heavy atom. The number of hydrogen-bond acceptors (Lipinski definition) is 9. The molecule has 1 unspecified atom stereocenters. The van der Waals surface area contributed by atoms with Crippen molar-refractivity contribution in [3.63, 3.8) is 0 Å². The number of nitro groups is 3. The van der Waals surface area contributed by atoms with Crippen LogP contribution in [0.5, 0.6) is 5.75 Å². The maximum Gasteiger partial charge on any atom is 0.324 e. The Labute approximate surface area is 129 Å². The molecular formula is C11H14N4O8. The van der Waals surface area contributed by atoms with Crippen molar-refractivity contribution >= 4 is 17.1 Å². The monoisotopic (exact) mass is 330 g/mol. The van der Waals surface area contributed by atoms with Gasteiger partial charge in [-0.1, -0.05) is 0 Å². The van der Waals surface area contributed by atoms with Gasteiger partial charge in [0.2, 0.25) is 0 Å². The van der Waals surface area contributed by atoms with Crippen LogP contribution >= 0.6 is 0 Å². The molecule has 0 aromatic heterocycles. The second kappa shape index (κ2) is 7.95. The summed E-state index contributed by atoms with van der Waals surface area (Å²) >= 11 is 0. The predicted octanol–water partition coefficient (Wildman–Crippen LogP) is 1.11. The molecule has 0 radical (unpaired) electrons. The van der Waals surface area contributed by atoms with E-state index in [2.05, 4.69) is 12.2 Å². The first kappa shape index (κ1) is 18.2. The number of nitrogens with zero attached hydrogens (tertiary/aromatic N) is 3. The van der Waals surface area contributed by atoms with Crippen molar-refractivity contribution in [1.82, 2.24) is 5.32 Å². The van der Waals surface area contributed by atoms with Crippen molar-refractivity contribution in [3.8, 4) is 5.75 Å². The van der Waals surface area contributed by atoms with Crippen molar-refractivity contribution in [2.75, 3.05) is 19.7 Å². The molecule has 0 spiro atoms. The summed E-state index contributed by atoms with van der Waals surface area (Å²) < 4.78 is 5.22. The molecule has 0 amide bonds. The van der Waals surface area contributed by atoms with Gasteiger partial charge in [0.1, 0.15) is 0 Å². The van der Waals surface area contributed by atoms with E-state index < -0.39 is 37.6 Å². The van der Waals surface area contributed by atoms with E-state index in [9.17, 15) is 30.3 Å². The van der Waals surface area contributed by atoms with E-state index in [4.69, 9.17) is 9.84 Å². The topological polar surface area (TPSA) is 171 Å². The fraction of sp³-hybridized carbons (Fsp3) is 0.455. The number of aromatic hydroxyl groups is 1. The molecule has 2 rings (SSSR count). The van der Waals surface area contributed by atoms with Crippen LogP contribution < -0.4 is 5.32 Å². The standard InChI is InChI=1S/C6H3N3O7.C5H11NO/c10-6-4(8(13)14)1-3(7(11)12)2-5(6)9(15)16;1-5-4-6-2-3-7-5/h1-2,10H;5-6H,2-4H2,1H3. The van der Waals surface area contributed by atoms with E-state index in [0.717, 1.165) is 19.7 Å². The fourth-order valence-electron chi connectivity index (χ4n) is 1.67. The summed E-state index contributed by atoms with van der Waals surface area (Å²) in [5.74, 6) is -1.21. The number of non-ortho nitro benzene ring substituents is 1. The highest BCUT2D eigenvalue weighted by Crippen LogP contribution is 2.38. The number of phenolic OH excluding ortho intramolecular Hbond substituents is 1. The number of phenols is 1. The van der Waals surface area contributed by atoms with Crippen LogP contribution in [0.2, 0.25) is 0 Å². The minimum absolute atomic E-state index is 0.425. The minimum atomic E-state index is -1.21. The normalized spacial score (nSPS) is 16.8. The van der Waals surface area contributed by atoms with Crippen molar-refractivity contribution in [2.45, 2.75) is 13.0 Å². The first-order chi connectivity index (χ1) is 10.7. The Balaban J connectivity index is 0.000000313. The number of rotatable bonds is 3. The lowest BCUT2D eigenvalue weighted by Gasteiger charge is -2.18. The van der Waals surface area contributed by atoms with E-state index in [1.807, 2.05) is 0 Å². The first-order valence-corrected chi connectivity index (χ1v) is 6.36. The molecule has 1 heterocycles. The fourth-order valence-corrected chi connectivity index (χ4v) is 1.67. The van der Waals surface area contributed by atoms with Gasteiger partial charge in [-0.3, -0.25) is 30.3 Å². The zero-order chi connectivity index (χ0) is 17.6. The van der Waals surface area contributed by atoms with Gasteiger partial charge in [0.25, 0.3) is 11.4 Å². The molecule has 0 bridgehead atoms. The van der Waals surface area contributed by atoms with E-state index in [1.165, 1.54) is 0 Å². The van der Waals surface area contributed by atoms with E-state index in [-0.39, 0.29) is 0 Å². The molecule has 1 aromatic rings. The number of hydrogen-bond donors (Lipinski definition) is 2. The highest BCUT2D eigenvalue weighted by atomic mass is 16.6. The van der Waals surface area contributed by atoms with Gasteiger partial charge in [0, 0.05) is 13.1 Å². The van der Waals surface area contributed by atoms with Gasteiger partial charge in [0.05, 0.1) is 39.6 Å². The van der Waals surface area contributed by atoms with Crippen LogP contribution in [0.1, 0.15) is 6.92 Å². The van der Waals surface area contributed by atoms with E-state index in [0.29, 0.717) is 18.2 Å². The third kappa shape index (κ3) is 5.12. The van der Waals surface area contributed by atoms with Gasteiger partial charge < -0.3 is 15.2 Å². The van der Waals surface area contributed by atoms with Crippen molar-refractivity contribution < 1.29 is 24.6 Å². The Hall–Kier alpha value is -2.86. The largest absolute Gasteiger partial charge is 0.497 e. The van der Waals surface area contributed by atoms with E-state index >= 15 is 0 Å². The molecule has 1 aliphatic rings. The van der Waals surface area contributed by atoms with Crippen LogP contribution in [0.15, 0.2) is 12.1 Å². The molecule has 23 heavy (non-hydrogen) atoms. The highest BCUT2D eigenvalue weighted by Gasteiger charge is 2.30. The van der Waals surface area contributed by atoms with Crippen molar-refractivity contribution in [2.24, 2.45) is 0 Å². The van der Waals surface area contributed by atoms with Gasteiger partial charge in [0.15, 0.2) is 0 Å². The second-order valence-corrected chi connectivity index (χ2v) is 4.49. The molecule has 1 atom stereocenters. The number of ether oxygens (including phenoxy) is 1. The number of morpholine rings is 1. The zero-order valence-corrected chi connectivity index (χ0v) is 12.0. The lowest BCUT2D eigenvalue weighted by molar-refractivity contribution is -0.404. The summed E-state index contributed by atoms with van der Waals surface area (Å²) in [7, 11) is 0. The van der Waals surface area contributed by atoms with Crippen LogP contribution in [0.25, 0.3) is 0 Å². The lowest BCUT2D eigenvalue weighted by atomic mass is 10.2. The van der Waals surface area contributed by atoms with Gasteiger partial charge in [-0.2, -0.15) is 0 Å². The van der Waals surface area contributed by atoms with Crippen LogP contribution in [0, 0.1) is 30.3 Å². The molecule has 126 valence electrons. The smallest absolute Gasteiger partial charge is 0.324 e. The van der Waals surface area contributed by atoms with Crippen LogP contribution in [-0.4, -0.2) is 45.7 Å². The zero-order valence-electron chi connectivity index (χ0n) is 12.0. The Kier molecular flexibility index (Phi) is 6.29. The SMILES string of the molecule is CC1CNCCO1.O=[N+]([O-])c1cc([N+](=O)[O-])c(O)c([N+](=O)[O-])c1. The average Bonchev–Trinajstić information content (AvgIpc) is 2.48. The quantitative estimate of drug-likeness (QED) is 0.608. The molecule has 0 aliphatic carbocycles. The Morgan fingerprint density at radius 3 is 1.91 bits per heavy atom. The molecule has 1 fully saturated rings. The van der Waals surface area contributed by atoms with Gasteiger partial charge in [-0.25, -0.2) is 0 Å². The molecular weight excluding hydrogens is 316 g/mol. The summed E-state index contributed by atoms with van der Waals surface area (Å²) in [5.41, 5.74) is -3.00.